The second-order valence-electron chi connectivity index (χ2n) is 22.0. The van der Waals surface area contributed by atoms with Crippen LogP contribution >= 0.6 is 0 Å². The molecular formula is C67H124O6. The summed E-state index contributed by atoms with van der Waals surface area (Å²) in [6.07, 6.45) is 76.0. The molecule has 428 valence electrons. The highest BCUT2D eigenvalue weighted by atomic mass is 16.6. The molecule has 6 heteroatoms. The maximum atomic E-state index is 12.8. The highest BCUT2D eigenvalue weighted by molar-refractivity contribution is 5.71. The Hall–Kier alpha value is -2.37. The van der Waals surface area contributed by atoms with Gasteiger partial charge in [-0.3, -0.25) is 14.4 Å². The molecule has 0 heterocycles. The quantitative estimate of drug-likeness (QED) is 0.0261. The Labute approximate surface area is 455 Å². The van der Waals surface area contributed by atoms with E-state index in [2.05, 4.69) is 57.2 Å². The van der Waals surface area contributed by atoms with Gasteiger partial charge >= 0.3 is 17.9 Å². The van der Waals surface area contributed by atoms with Gasteiger partial charge in [0.25, 0.3) is 0 Å². The Morgan fingerprint density at radius 3 is 0.822 bits per heavy atom. The summed E-state index contributed by atoms with van der Waals surface area (Å²) in [6.45, 7) is 6.61. The van der Waals surface area contributed by atoms with E-state index in [1.54, 1.807) is 0 Å². The number of esters is 3. The average Bonchev–Trinajstić information content (AvgIpc) is 3.39. The van der Waals surface area contributed by atoms with Gasteiger partial charge in [-0.15, -0.1) is 0 Å². The minimum absolute atomic E-state index is 0.0731. The van der Waals surface area contributed by atoms with Crippen LogP contribution in [0.2, 0.25) is 0 Å². The molecule has 0 amide bonds. The van der Waals surface area contributed by atoms with Crippen LogP contribution in [-0.4, -0.2) is 37.2 Å². The molecule has 1 unspecified atom stereocenters. The Balaban J connectivity index is 4.12. The van der Waals surface area contributed by atoms with Crippen molar-refractivity contribution in [2.45, 2.75) is 361 Å². The van der Waals surface area contributed by atoms with E-state index in [9.17, 15) is 14.4 Å². The second kappa shape index (κ2) is 62.2. The number of carbonyl (C=O) groups is 3. The molecule has 0 N–H and O–H groups in total. The van der Waals surface area contributed by atoms with Crippen molar-refractivity contribution >= 4 is 17.9 Å². The van der Waals surface area contributed by atoms with Crippen LogP contribution < -0.4 is 0 Å². The van der Waals surface area contributed by atoms with Crippen LogP contribution in [0.15, 0.2) is 36.5 Å². The van der Waals surface area contributed by atoms with Gasteiger partial charge in [0, 0.05) is 19.3 Å². The van der Waals surface area contributed by atoms with E-state index in [4.69, 9.17) is 14.2 Å². The number of unbranched alkanes of at least 4 members (excludes halogenated alkanes) is 43. The lowest BCUT2D eigenvalue weighted by atomic mass is 10.0. The standard InChI is InChI=1S/C67H124O6/c1-4-7-10-13-16-19-22-25-26-27-28-29-30-31-32-33-34-35-36-37-38-39-40-43-45-48-51-54-57-60-66(69)72-63-64(73-67(70)61-58-55-52-49-46-42-24-21-18-15-12-9-6-3)62-71-65(68)59-56-53-50-47-44-41-23-20-17-14-11-8-5-2/h12,15,21,24,27-28,64H,4-11,13-14,16-20,22-23,25-26,29-63H2,1-3H3/b15-12-,24-21-,28-27-. The topological polar surface area (TPSA) is 78.9 Å². The summed E-state index contributed by atoms with van der Waals surface area (Å²) in [7, 11) is 0. The first-order valence-electron chi connectivity index (χ1n) is 32.5. The summed E-state index contributed by atoms with van der Waals surface area (Å²) in [4.78, 5) is 38.2. The molecule has 6 nitrogen and oxygen atoms in total. The van der Waals surface area contributed by atoms with E-state index in [0.29, 0.717) is 19.3 Å². The van der Waals surface area contributed by atoms with Gasteiger partial charge in [0.2, 0.25) is 0 Å². The summed E-state index contributed by atoms with van der Waals surface area (Å²) in [5, 5.41) is 0. The van der Waals surface area contributed by atoms with Gasteiger partial charge in [-0.1, -0.05) is 301 Å². The highest BCUT2D eigenvalue weighted by Crippen LogP contribution is 2.18. The third-order valence-corrected chi connectivity index (χ3v) is 14.6. The molecule has 0 saturated carbocycles. The zero-order valence-corrected chi connectivity index (χ0v) is 49.2. The van der Waals surface area contributed by atoms with Gasteiger partial charge in [0.15, 0.2) is 6.10 Å². The predicted octanol–water partition coefficient (Wildman–Crippen LogP) is 22.0. The SMILES string of the molecule is CCC/C=C\C/C=C\CCCCCCCC(=O)OC(COC(=O)CCCCCCCCCCCCCCC)COC(=O)CCCCCCCCCCCCCCCCCCC/C=C\CCCCCCCCCC. The van der Waals surface area contributed by atoms with Crippen LogP contribution in [0.1, 0.15) is 355 Å². The molecule has 0 aliphatic rings. The Morgan fingerprint density at radius 1 is 0.274 bits per heavy atom. The number of carbonyl (C=O) groups excluding carboxylic acids is 3. The normalized spacial score (nSPS) is 12.2. The van der Waals surface area contributed by atoms with Crippen LogP contribution in [0.4, 0.5) is 0 Å². The first-order valence-corrected chi connectivity index (χ1v) is 32.5. The van der Waals surface area contributed by atoms with Crippen molar-refractivity contribution in [2.24, 2.45) is 0 Å². The molecule has 73 heavy (non-hydrogen) atoms. The van der Waals surface area contributed by atoms with Crippen molar-refractivity contribution in [1.29, 1.82) is 0 Å². The molecule has 0 saturated heterocycles. The molecule has 0 bridgehead atoms. The molecule has 1 atom stereocenters. The first kappa shape index (κ1) is 70.6. The fourth-order valence-electron chi connectivity index (χ4n) is 9.71. The minimum atomic E-state index is -0.776. The highest BCUT2D eigenvalue weighted by Gasteiger charge is 2.19. The third kappa shape index (κ3) is 60.4. The second-order valence-corrected chi connectivity index (χ2v) is 22.0. The van der Waals surface area contributed by atoms with Gasteiger partial charge in [0.1, 0.15) is 13.2 Å². The number of hydrogen-bond donors (Lipinski definition) is 0. The molecule has 0 aliphatic heterocycles. The van der Waals surface area contributed by atoms with Gasteiger partial charge in [0.05, 0.1) is 0 Å². The van der Waals surface area contributed by atoms with Crippen LogP contribution in [0.25, 0.3) is 0 Å². The molecular weight excluding hydrogens is 901 g/mol. The van der Waals surface area contributed by atoms with E-state index in [0.717, 1.165) is 89.9 Å². The summed E-state index contributed by atoms with van der Waals surface area (Å²) in [5.41, 5.74) is 0. The molecule has 0 aromatic rings. The van der Waals surface area contributed by atoms with E-state index >= 15 is 0 Å². The van der Waals surface area contributed by atoms with Gasteiger partial charge in [-0.25, -0.2) is 0 Å². The fourth-order valence-corrected chi connectivity index (χ4v) is 9.71. The lowest BCUT2D eigenvalue weighted by Crippen LogP contribution is -2.30. The Kier molecular flexibility index (Phi) is 60.2. The van der Waals surface area contributed by atoms with E-state index in [1.807, 2.05) is 0 Å². The van der Waals surface area contributed by atoms with Crippen molar-refractivity contribution in [1.82, 2.24) is 0 Å². The number of hydrogen-bond acceptors (Lipinski definition) is 6. The molecule has 0 aromatic carbocycles. The van der Waals surface area contributed by atoms with Gasteiger partial charge in [-0.05, 0) is 70.6 Å². The lowest BCUT2D eigenvalue weighted by Gasteiger charge is -2.18. The third-order valence-electron chi connectivity index (χ3n) is 14.6. The van der Waals surface area contributed by atoms with E-state index < -0.39 is 6.10 Å². The van der Waals surface area contributed by atoms with Crippen LogP contribution in [0.3, 0.4) is 0 Å². The molecule has 0 spiro atoms. The summed E-state index contributed by atoms with van der Waals surface area (Å²) >= 11 is 0. The number of allylic oxidation sites excluding steroid dienone is 6. The molecule has 0 rings (SSSR count). The molecule has 0 fully saturated rings. The number of rotatable bonds is 60. The van der Waals surface area contributed by atoms with Crippen molar-refractivity contribution < 1.29 is 28.6 Å². The lowest BCUT2D eigenvalue weighted by molar-refractivity contribution is -0.167. The largest absolute Gasteiger partial charge is 0.462 e. The van der Waals surface area contributed by atoms with E-state index in [1.165, 1.54) is 225 Å². The maximum Gasteiger partial charge on any atom is 0.306 e. The summed E-state index contributed by atoms with van der Waals surface area (Å²) < 4.78 is 16.9. The Bertz CT molecular complexity index is 1220. The monoisotopic (exact) mass is 1020 g/mol. The smallest absolute Gasteiger partial charge is 0.306 e. The van der Waals surface area contributed by atoms with Crippen molar-refractivity contribution in [3.8, 4) is 0 Å². The van der Waals surface area contributed by atoms with Crippen LogP contribution in [-0.2, 0) is 28.6 Å². The van der Waals surface area contributed by atoms with E-state index in [-0.39, 0.29) is 31.1 Å². The predicted molar refractivity (Wildman–Crippen MR) is 316 cm³/mol. The van der Waals surface area contributed by atoms with Crippen molar-refractivity contribution in [3.63, 3.8) is 0 Å². The number of ether oxygens (including phenoxy) is 3. The summed E-state index contributed by atoms with van der Waals surface area (Å²) in [6, 6.07) is 0. The van der Waals surface area contributed by atoms with Crippen LogP contribution in [0.5, 0.6) is 0 Å². The fraction of sp³-hybridized carbons (Fsp3) is 0.866. The first-order chi connectivity index (χ1) is 36.0. The van der Waals surface area contributed by atoms with Crippen molar-refractivity contribution in [3.05, 3.63) is 36.5 Å². The minimum Gasteiger partial charge on any atom is -0.462 e. The maximum absolute atomic E-state index is 12.8. The summed E-state index contributed by atoms with van der Waals surface area (Å²) in [5.74, 6) is -0.866. The molecule has 0 aromatic heterocycles. The van der Waals surface area contributed by atoms with Gasteiger partial charge < -0.3 is 14.2 Å². The van der Waals surface area contributed by atoms with Gasteiger partial charge in [-0.2, -0.15) is 0 Å². The average molecular weight is 1030 g/mol. The molecule has 0 aliphatic carbocycles. The zero-order chi connectivity index (χ0) is 52.9. The molecule has 0 radical (unpaired) electrons. The Morgan fingerprint density at radius 2 is 0.521 bits per heavy atom. The van der Waals surface area contributed by atoms with Crippen molar-refractivity contribution in [2.75, 3.05) is 13.2 Å². The zero-order valence-electron chi connectivity index (χ0n) is 49.2. The van der Waals surface area contributed by atoms with Crippen LogP contribution in [0, 0.1) is 0 Å².